The van der Waals surface area contributed by atoms with Crippen molar-refractivity contribution in [3.05, 3.63) is 63.7 Å². The third kappa shape index (κ3) is 4.03. The lowest BCUT2D eigenvalue weighted by molar-refractivity contribution is 0.653. The maximum Gasteiger partial charge on any atom is 0.0541 e. The topological polar surface area (TPSA) is 12.0 Å². The third-order valence-corrected chi connectivity index (χ3v) is 5.29. The normalized spacial score (nSPS) is 12.4. The fourth-order valence-corrected chi connectivity index (χ4v) is 4.15. The smallest absolute Gasteiger partial charge is 0.0541 e. The summed E-state index contributed by atoms with van der Waals surface area (Å²) in [5.74, 6) is 0.963. The van der Waals surface area contributed by atoms with E-state index in [1.165, 1.54) is 22.3 Å². The van der Waals surface area contributed by atoms with Crippen LogP contribution in [0.3, 0.4) is 0 Å². The molecule has 1 atom stereocenters. The van der Waals surface area contributed by atoms with E-state index in [9.17, 15) is 0 Å². The quantitative estimate of drug-likeness (QED) is 0.749. The zero-order valence-electron chi connectivity index (χ0n) is 13.0. The van der Waals surface area contributed by atoms with Crippen LogP contribution in [0.15, 0.2) is 41.3 Å². The van der Waals surface area contributed by atoms with Gasteiger partial charge in [0.25, 0.3) is 0 Å². The van der Waals surface area contributed by atoms with Crippen LogP contribution < -0.4 is 5.32 Å². The van der Waals surface area contributed by atoms with Gasteiger partial charge in [-0.15, -0.1) is 11.8 Å². The van der Waals surface area contributed by atoms with Crippen LogP contribution in [0.4, 0.5) is 0 Å². The van der Waals surface area contributed by atoms with Crippen LogP contribution in [0, 0.1) is 20.8 Å². The molecule has 0 aliphatic rings. The van der Waals surface area contributed by atoms with E-state index < -0.39 is 0 Å². The number of rotatable bonds is 5. The Balaban J connectivity index is 2.20. The first-order valence-electron chi connectivity index (χ1n) is 7.15. The lowest BCUT2D eigenvalue weighted by Crippen LogP contribution is -2.21. The predicted molar refractivity (Wildman–Crippen MR) is 94.6 cm³/mol. The minimum Gasteiger partial charge on any atom is -0.312 e. The Hall–Kier alpha value is -0.960. The largest absolute Gasteiger partial charge is 0.312 e. The highest BCUT2D eigenvalue weighted by Gasteiger charge is 2.15. The van der Waals surface area contributed by atoms with E-state index in [1.54, 1.807) is 11.8 Å². The van der Waals surface area contributed by atoms with E-state index in [0.29, 0.717) is 6.04 Å². The van der Waals surface area contributed by atoms with Crippen molar-refractivity contribution in [1.29, 1.82) is 0 Å². The molecular formula is C18H22ClNS. The maximum atomic E-state index is 6.24. The summed E-state index contributed by atoms with van der Waals surface area (Å²) >= 11 is 8.04. The van der Waals surface area contributed by atoms with Gasteiger partial charge in [-0.05, 0) is 56.6 Å². The molecule has 0 heterocycles. The van der Waals surface area contributed by atoms with Crippen LogP contribution in [-0.2, 0) is 0 Å². The van der Waals surface area contributed by atoms with Crippen LogP contribution >= 0.6 is 23.4 Å². The molecule has 1 unspecified atom stereocenters. The molecule has 0 saturated carbocycles. The lowest BCUT2D eigenvalue weighted by atomic mass is 9.95. The first kappa shape index (κ1) is 16.4. The predicted octanol–water partition coefficient (Wildman–Crippen LogP) is 5.32. The summed E-state index contributed by atoms with van der Waals surface area (Å²) in [6, 6.07) is 12.9. The molecule has 2 aromatic rings. The fraction of sp³-hybridized carbons (Fsp3) is 0.333. The number of hydrogen-bond acceptors (Lipinski definition) is 2. The van der Waals surface area contributed by atoms with Gasteiger partial charge in [-0.25, -0.2) is 0 Å². The number of hydrogen-bond donors (Lipinski definition) is 1. The van der Waals surface area contributed by atoms with Crippen molar-refractivity contribution in [2.45, 2.75) is 31.7 Å². The van der Waals surface area contributed by atoms with E-state index >= 15 is 0 Å². The van der Waals surface area contributed by atoms with Crippen LogP contribution in [-0.4, -0.2) is 12.8 Å². The van der Waals surface area contributed by atoms with Gasteiger partial charge in [0, 0.05) is 16.7 Å². The van der Waals surface area contributed by atoms with Crippen LogP contribution in [0.1, 0.15) is 28.3 Å². The maximum absolute atomic E-state index is 6.24. The molecule has 0 bridgehead atoms. The van der Waals surface area contributed by atoms with E-state index in [0.717, 1.165) is 15.7 Å². The number of nitrogens with one attached hydrogen (secondary N) is 1. The highest BCUT2D eigenvalue weighted by molar-refractivity contribution is 7.99. The Morgan fingerprint density at radius 2 is 1.71 bits per heavy atom. The Morgan fingerprint density at radius 1 is 1.10 bits per heavy atom. The molecule has 0 aromatic heterocycles. The summed E-state index contributed by atoms with van der Waals surface area (Å²) < 4.78 is 0. The summed E-state index contributed by atoms with van der Waals surface area (Å²) in [4.78, 5) is 1.14. The summed E-state index contributed by atoms with van der Waals surface area (Å²) in [7, 11) is 2.02. The first-order valence-corrected chi connectivity index (χ1v) is 8.51. The second kappa shape index (κ2) is 7.35. The molecule has 0 saturated heterocycles. The Kier molecular flexibility index (Phi) is 5.74. The van der Waals surface area contributed by atoms with Gasteiger partial charge in [-0.2, -0.15) is 0 Å². The van der Waals surface area contributed by atoms with Gasteiger partial charge < -0.3 is 5.32 Å². The molecule has 0 aliphatic carbocycles. The zero-order valence-corrected chi connectivity index (χ0v) is 14.6. The number of thioether (sulfide) groups is 1. The first-order chi connectivity index (χ1) is 10.0. The minimum absolute atomic E-state index is 0.326. The Bertz CT molecular complexity index is 601. The van der Waals surface area contributed by atoms with Crippen LogP contribution in [0.5, 0.6) is 0 Å². The van der Waals surface area contributed by atoms with Gasteiger partial charge in [0.1, 0.15) is 0 Å². The monoisotopic (exact) mass is 319 g/mol. The highest BCUT2D eigenvalue weighted by Crippen LogP contribution is 2.32. The SMILES string of the molecule is CNC(CSc1ccccc1Cl)c1c(C)cc(C)cc1C. The average molecular weight is 320 g/mol. The zero-order chi connectivity index (χ0) is 15.4. The molecule has 112 valence electrons. The van der Waals surface area contributed by atoms with Crippen LogP contribution in [0.25, 0.3) is 0 Å². The molecule has 0 amide bonds. The van der Waals surface area contributed by atoms with Crippen LogP contribution in [0.2, 0.25) is 5.02 Å². The molecule has 0 fully saturated rings. The van der Waals surface area contributed by atoms with Gasteiger partial charge in [0.15, 0.2) is 0 Å². The molecule has 1 nitrogen and oxygen atoms in total. The Morgan fingerprint density at radius 3 is 2.29 bits per heavy atom. The molecule has 0 radical (unpaired) electrons. The molecule has 3 heteroatoms. The van der Waals surface area contributed by atoms with Gasteiger partial charge in [-0.1, -0.05) is 41.4 Å². The summed E-state index contributed by atoms with van der Waals surface area (Å²) in [5.41, 5.74) is 5.43. The number of halogens is 1. The second-order valence-corrected chi connectivity index (χ2v) is 6.86. The van der Waals surface area contributed by atoms with Crippen molar-refractivity contribution >= 4 is 23.4 Å². The van der Waals surface area contributed by atoms with Gasteiger partial charge >= 0.3 is 0 Å². The summed E-state index contributed by atoms with van der Waals surface area (Å²) in [5, 5.41) is 4.27. The van der Waals surface area contributed by atoms with Crippen molar-refractivity contribution in [2.75, 3.05) is 12.8 Å². The van der Waals surface area contributed by atoms with E-state index in [2.05, 4.69) is 44.3 Å². The lowest BCUT2D eigenvalue weighted by Gasteiger charge is -2.22. The van der Waals surface area contributed by atoms with E-state index in [-0.39, 0.29) is 0 Å². The molecule has 1 N–H and O–H groups in total. The van der Waals surface area contributed by atoms with Crippen molar-refractivity contribution in [2.24, 2.45) is 0 Å². The van der Waals surface area contributed by atoms with Gasteiger partial charge in [0.05, 0.1) is 5.02 Å². The standard InChI is InChI=1S/C18H22ClNS/c1-12-9-13(2)18(14(3)10-12)16(20-4)11-21-17-8-6-5-7-15(17)19/h5-10,16,20H,11H2,1-4H3. The summed E-state index contributed by atoms with van der Waals surface area (Å²) in [6.45, 7) is 6.54. The number of benzene rings is 2. The molecule has 2 rings (SSSR count). The number of aryl methyl sites for hydroxylation is 3. The minimum atomic E-state index is 0.326. The molecular weight excluding hydrogens is 298 g/mol. The second-order valence-electron chi connectivity index (χ2n) is 5.40. The van der Waals surface area contributed by atoms with E-state index in [4.69, 9.17) is 11.6 Å². The summed E-state index contributed by atoms with van der Waals surface area (Å²) in [6.07, 6.45) is 0. The third-order valence-electron chi connectivity index (χ3n) is 3.68. The fourth-order valence-electron chi connectivity index (χ4n) is 2.79. The van der Waals surface area contributed by atoms with Crippen molar-refractivity contribution in [3.8, 4) is 0 Å². The molecule has 0 spiro atoms. The molecule has 2 aromatic carbocycles. The molecule has 21 heavy (non-hydrogen) atoms. The van der Waals surface area contributed by atoms with Crippen molar-refractivity contribution < 1.29 is 0 Å². The van der Waals surface area contributed by atoms with Gasteiger partial charge in [-0.3, -0.25) is 0 Å². The average Bonchev–Trinajstić information content (AvgIpc) is 2.43. The van der Waals surface area contributed by atoms with Crippen molar-refractivity contribution in [3.63, 3.8) is 0 Å². The Labute approximate surface area is 137 Å². The van der Waals surface area contributed by atoms with Crippen molar-refractivity contribution in [1.82, 2.24) is 5.32 Å². The van der Waals surface area contributed by atoms with Gasteiger partial charge in [0.2, 0.25) is 0 Å². The highest BCUT2D eigenvalue weighted by atomic mass is 35.5. The molecule has 0 aliphatic heterocycles. The van der Waals surface area contributed by atoms with E-state index in [1.807, 2.05) is 25.2 Å².